The molecule has 0 radical (unpaired) electrons. The van der Waals surface area contributed by atoms with Crippen LogP contribution in [-0.2, 0) is 4.79 Å². The summed E-state index contributed by atoms with van der Waals surface area (Å²) in [6.45, 7) is 4.42. The molecule has 2 heterocycles. The minimum atomic E-state index is -0.468. The van der Waals surface area contributed by atoms with Crippen LogP contribution in [0.15, 0.2) is 24.3 Å². The van der Waals surface area contributed by atoms with Gasteiger partial charge in [-0.1, -0.05) is 11.6 Å². The van der Waals surface area contributed by atoms with Gasteiger partial charge in [-0.2, -0.15) is 5.10 Å². The van der Waals surface area contributed by atoms with Crippen molar-refractivity contribution in [2.45, 2.75) is 39.2 Å². The van der Waals surface area contributed by atoms with Gasteiger partial charge in [0.25, 0.3) is 5.91 Å². The van der Waals surface area contributed by atoms with Crippen LogP contribution in [0.25, 0.3) is 5.69 Å². The lowest BCUT2D eigenvalue weighted by molar-refractivity contribution is -0.122. The van der Waals surface area contributed by atoms with Crippen molar-refractivity contribution in [1.29, 1.82) is 0 Å². The highest BCUT2D eigenvalue weighted by Gasteiger charge is 2.22. The predicted molar refractivity (Wildman–Crippen MR) is 96.2 cm³/mol. The second-order valence-corrected chi connectivity index (χ2v) is 6.63. The van der Waals surface area contributed by atoms with Crippen molar-refractivity contribution < 1.29 is 9.59 Å². The average Bonchev–Trinajstić information content (AvgIpc) is 2.77. The summed E-state index contributed by atoms with van der Waals surface area (Å²) in [6.07, 6.45) is 2.53. The second kappa shape index (κ2) is 7.27. The Morgan fingerprint density at radius 1 is 1.28 bits per heavy atom. The fraction of sp³-hybridized carbons (Fsp3) is 0.389. The summed E-state index contributed by atoms with van der Waals surface area (Å²) in [4.78, 5) is 24.4. The van der Waals surface area contributed by atoms with Crippen molar-refractivity contribution in [2.24, 2.45) is 0 Å². The van der Waals surface area contributed by atoms with E-state index in [0.29, 0.717) is 23.6 Å². The molecule has 1 aliphatic heterocycles. The molecule has 6 nitrogen and oxygen atoms in total. The van der Waals surface area contributed by atoms with E-state index >= 15 is 0 Å². The second-order valence-electron chi connectivity index (χ2n) is 6.26. The third kappa shape index (κ3) is 3.69. The molecule has 1 aromatic carbocycles. The quantitative estimate of drug-likeness (QED) is 0.883. The number of carbonyl (C=O) groups is 2. The van der Waals surface area contributed by atoms with E-state index in [9.17, 15) is 9.59 Å². The molecular formula is C18H21ClN4O2. The standard InChI is InChI=1S/C18H21ClN4O2/c1-11-16(19)12(2)23(22-11)14-8-6-13(7-9-14)17(24)21-15-5-3-4-10-20-18(15)25/h6-9,15H,3-5,10H2,1-2H3,(H,20,25)(H,21,24)/t15-/m0/s1. The van der Waals surface area contributed by atoms with Crippen LogP contribution in [0, 0.1) is 13.8 Å². The third-order valence-electron chi connectivity index (χ3n) is 4.42. The average molecular weight is 361 g/mol. The lowest BCUT2D eigenvalue weighted by Crippen LogP contribution is -2.45. The molecule has 7 heteroatoms. The Labute approximate surface area is 151 Å². The first-order valence-electron chi connectivity index (χ1n) is 8.38. The molecule has 2 aromatic rings. The van der Waals surface area contributed by atoms with Crippen LogP contribution < -0.4 is 10.6 Å². The van der Waals surface area contributed by atoms with Gasteiger partial charge in [-0.05, 0) is 57.4 Å². The van der Waals surface area contributed by atoms with Gasteiger partial charge in [-0.25, -0.2) is 4.68 Å². The first-order valence-corrected chi connectivity index (χ1v) is 8.76. The lowest BCUT2D eigenvalue weighted by Gasteiger charge is -2.15. The normalized spacial score (nSPS) is 17.7. The molecule has 25 heavy (non-hydrogen) atoms. The third-order valence-corrected chi connectivity index (χ3v) is 4.96. The zero-order valence-electron chi connectivity index (χ0n) is 14.3. The van der Waals surface area contributed by atoms with Crippen molar-refractivity contribution in [2.75, 3.05) is 6.54 Å². The van der Waals surface area contributed by atoms with Gasteiger partial charge in [0.2, 0.25) is 5.91 Å². The number of nitrogens with zero attached hydrogens (tertiary/aromatic N) is 2. The van der Waals surface area contributed by atoms with Gasteiger partial charge in [-0.15, -0.1) is 0 Å². The molecule has 2 N–H and O–H groups in total. The van der Waals surface area contributed by atoms with E-state index in [2.05, 4.69) is 15.7 Å². The van der Waals surface area contributed by atoms with Crippen molar-refractivity contribution in [3.63, 3.8) is 0 Å². The monoisotopic (exact) mass is 360 g/mol. The van der Waals surface area contributed by atoms with Gasteiger partial charge in [0.15, 0.2) is 0 Å². The minimum absolute atomic E-state index is 0.111. The van der Waals surface area contributed by atoms with Crippen LogP contribution in [0.1, 0.15) is 41.0 Å². The fourth-order valence-corrected chi connectivity index (χ4v) is 3.07. The molecule has 1 saturated heterocycles. The summed E-state index contributed by atoms with van der Waals surface area (Å²) in [7, 11) is 0. The van der Waals surface area contributed by atoms with E-state index < -0.39 is 6.04 Å². The van der Waals surface area contributed by atoms with E-state index in [4.69, 9.17) is 11.6 Å². The van der Waals surface area contributed by atoms with E-state index in [1.165, 1.54) is 0 Å². The number of carbonyl (C=O) groups excluding carboxylic acids is 2. The molecule has 1 aliphatic rings. The molecular weight excluding hydrogens is 340 g/mol. The zero-order valence-corrected chi connectivity index (χ0v) is 15.1. The molecule has 0 bridgehead atoms. The van der Waals surface area contributed by atoms with Gasteiger partial charge in [0.1, 0.15) is 6.04 Å². The SMILES string of the molecule is Cc1nn(-c2ccc(C(=O)N[C@H]3CCCCNC3=O)cc2)c(C)c1Cl. The topological polar surface area (TPSA) is 76.0 Å². The van der Waals surface area contributed by atoms with Gasteiger partial charge in [0, 0.05) is 12.1 Å². The number of halogens is 1. The van der Waals surface area contributed by atoms with Gasteiger partial charge in [0.05, 0.1) is 22.1 Å². The lowest BCUT2D eigenvalue weighted by atomic mass is 10.1. The summed E-state index contributed by atoms with van der Waals surface area (Å²) < 4.78 is 1.75. The summed E-state index contributed by atoms with van der Waals surface area (Å²) in [5.41, 5.74) is 2.96. The molecule has 2 amide bonds. The Kier molecular flexibility index (Phi) is 5.08. The summed E-state index contributed by atoms with van der Waals surface area (Å²) >= 11 is 6.18. The van der Waals surface area contributed by atoms with E-state index in [-0.39, 0.29) is 11.8 Å². The van der Waals surface area contributed by atoms with Crippen LogP contribution in [0.5, 0.6) is 0 Å². The fourth-order valence-electron chi connectivity index (χ4n) is 2.95. The molecule has 1 fully saturated rings. The van der Waals surface area contributed by atoms with Crippen LogP contribution in [-0.4, -0.2) is 34.2 Å². The molecule has 3 rings (SSSR count). The largest absolute Gasteiger partial charge is 0.354 e. The van der Waals surface area contributed by atoms with Gasteiger partial charge < -0.3 is 10.6 Å². The van der Waals surface area contributed by atoms with Crippen LogP contribution in [0.3, 0.4) is 0 Å². The molecule has 0 aliphatic carbocycles. The van der Waals surface area contributed by atoms with E-state index in [0.717, 1.165) is 29.9 Å². The van der Waals surface area contributed by atoms with E-state index in [1.54, 1.807) is 16.8 Å². The number of aromatic nitrogens is 2. The maximum atomic E-state index is 12.4. The molecule has 0 unspecified atom stereocenters. The van der Waals surface area contributed by atoms with Crippen molar-refractivity contribution in [3.05, 3.63) is 46.2 Å². The summed E-state index contributed by atoms with van der Waals surface area (Å²) in [5.74, 6) is -0.361. The van der Waals surface area contributed by atoms with Gasteiger partial charge >= 0.3 is 0 Å². The first-order chi connectivity index (χ1) is 12.0. The Morgan fingerprint density at radius 2 is 2.00 bits per heavy atom. The maximum absolute atomic E-state index is 12.4. The Bertz CT molecular complexity index is 798. The summed E-state index contributed by atoms with van der Waals surface area (Å²) in [6, 6.07) is 6.62. The Morgan fingerprint density at radius 3 is 2.64 bits per heavy atom. The molecule has 0 saturated carbocycles. The number of hydrogen-bond donors (Lipinski definition) is 2. The highest BCUT2D eigenvalue weighted by molar-refractivity contribution is 6.31. The summed E-state index contributed by atoms with van der Waals surface area (Å²) in [5, 5.41) is 10.7. The number of hydrogen-bond acceptors (Lipinski definition) is 3. The maximum Gasteiger partial charge on any atom is 0.251 e. The number of amides is 2. The van der Waals surface area contributed by atoms with Crippen LogP contribution >= 0.6 is 11.6 Å². The van der Waals surface area contributed by atoms with Gasteiger partial charge in [-0.3, -0.25) is 9.59 Å². The number of rotatable bonds is 3. The molecule has 132 valence electrons. The Balaban J connectivity index is 1.74. The van der Waals surface area contributed by atoms with Crippen molar-refractivity contribution in [1.82, 2.24) is 20.4 Å². The van der Waals surface area contributed by atoms with E-state index in [1.807, 2.05) is 26.0 Å². The number of nitrogens with one attached hydrogen (secondary N) is 2. The minimum Gasteiger partial charge on any atom is -0.354 e. The first kappa shape index (κ1) is 17.5. The van der Waals surface area contributed by atoms with Crippen molar-refractivity contribution in [3.8, 4) is 5.69 Å². The van der Waals surface area contributed by atoms with Crippen LogP contribution in [0.4, 0.5) is 0 Å². The van der Waals surface area contributed by atoms with Crippen molar-refractivity contribution >= 4 is 23.4 Å². The molecule has 1 aromatic heterocycles. The molecule has 0 spiro atoms. The molecule has 1 atom stereocenters. The smallest absolute Gasteiger partial charge is 0.251 e. The van der Waals surface area contributed by atoms with Crippen LogP contribution in [0.2, 0.25) is 5.02 Å². The Hall–Kier alpha value is -2.34. The highest BCUT2D eigenvalue weighted by atomic mass is 35.5. The zero-order chi connectivity index (χ0) is 18.0. The highest BCUT2D eigenvalue weighted by Crippen LogP contribution is 2.22. The number of benzene rings is 1. The predicted octanol–water partition coefficient (Wildman–Crippen LogP) is 2.54. The number of aryl methyl sites for hydroxylation is 1.